The van der Waals surface area contributed by atoms with Crippen molar-refractivity contribution in [1.29, 1.82) is 5.26 Å². The molecule has 4 heterocycles. The van der Waals surface area contributed by atoms with Crippen LogP contribution in [0, 0.1) is 11.3 Å². The van der Waals surface area contributed by atoms with Gasteiger partial charge in [0.25, 0.3) is 0 Å². The highest BCUT2D eigenvalue weighted by molar-refractivity contribution is 7.91. The smallest absolute Gasteiger partial charge is 0.206 e. The monoisotopic (exact) mass is 840 g/mol. The number of nitriles is 1. The van der Waals surface area contributed by atoms with Crippen LogP contribution in [0.1, 0.15) is 5.56 Å². The Morgan fingerprint density at radius 1 is 0.391 bits per heavy atom. The number of rotatable bonds is 5. The molecule has 64 heavy (non-hydrogen) atoms. The molecule has 9 aromatic carbocycles. The molecule has 13 rings (SSSR count). The molecule has 8 nitrogen and oxygen atoms in total. The van der Waals surface area contributed by atoms with E-state index in [0.717, 1.165) is 105 Å². The van der Waals surface area contributed by atoms with Gasteiger partial charge in [-0.1, -0.05) is 78.9 Å². The third-order valence-corrected chi connectivity index (χ3v) is 14.4. The summed E-state index contributed by atoms with van der Waals surface area (Å²) in [4.78, 5) is 10.3. The van der Waals surface area contributed by atoms with E-state index in [1.807, 2.05) is 48.5 Å². The minimum Gasteiger partial charge on any atom is -0.309 e. The average Bonchev–Trinajstić information content (AvgIpc) is 3.99. The standard InChI is InChI=1S/C55H32N6O2S/c56-33-34-18-23-38(24-19-34)64(62,63)39-25-20-36(21-26-39)61-54-40(27-30-50-52(54)42-12-4-8-16-48(42)59(50)35-10-2-1-3-11-35)41-28-31-51-53(55(41)61)43-13-5-9-17-49(43)60(51)37-22-29-46-47(32-37)58-45-15-7-6-14-44(45)57-46/h1-32H. The number of para-hydroxylation sites is 5. The first-order valence-corrected chi connectivity index (χ1v) is 22.5. The molecule has 0 aliphatic heterocycles. The second-order valence-corrected chi connectivity index (χ2v) is 18.1. The summed E-state index contributed by atoms with van der Waals surface area (Å²) in [7, 11) is -3.88. The van der Waals surface area contributed by atoms with E-state index < -0.39 is 9.84 Å². The number of benzene rings is 9. The molecule has 0 saturated carbocycles. The summed E-state index contributed by atoms with van der Waals surface area (Å²) in [5.41, 5.74) is 12.8. The molecule has 0 aliphatic rings. The van der Waals surface area contributed by atoms with Crippen molar-refractivity contribution in [2.24, 2.45) is 0 Å². The third-order valence-electron chi connectivity index (χ3n) is 12.7. The third kappa shape index (κ3) is 5.11. The number of nitrogens with zero attached hydrogens (tertiary/aromatic N) is 6. The van der Waals surface area contributed by atoms with E-state index in [-0.39, 0.29) is 9.79 Å². The van der Waals surface area contributed by atoms with Crippen molar-refractivity contribution in [2.45, 2.75) is 9.79 Å². The van der Waals surface area contributed by atoms with E-state index in [2.05, 4.69) is 129 Å². The summed E-state index contributed by atoms with van der Waals surface area (Å²) in [5.74, 6) is 0. The van der Waals surface area contributed by atoms with Crippen LogP contribution in [-0.2, 0) is 9.84 Å². The number of sulfone groups is 1. The molecule has 300 valence electrons. The number of fused-ring (bicyclic) bond motifs is 13. The van der Waals surface area contributed by atoms with E-state index in [1.165, 1.54) is 24.3 Å². The molecule has 0 unspecified atom stereocenters. The van der Waals surface area contributed by atoms with Gasteiger partial charge in [0.15, 0.2) is 0 Å². The quantitative estimate of drug-likeness (QED) is 0.161. The van der Waals surface area contributed by atoms with Crippen molar-refractivity contribution >= 4 is 97.3 Å². The Morgan fingerprint density at radius 3 is 1.45 bits per heavy atom. The summed E-state index contributed by atoms with van der Waals surface area (Å²) in [6.07, 6.45) is 0. The van der Waals surface area contributed by atoms with Gasteiger partial charge in [-0.2, -0.15) is 5.26 Å². The molecule has 0 spiro atoms. The van der Waals surface area contributed by atoms with Gasteiger partial charge in [0.1, 0.15) is 0 Å². The Bertz CT molecular complexity index is 4260. The molecule has 0 bridgehead atoms. The Kier molecular flexibility index (Phi) is 7.59. The summed E-state index contributed by atoms with van der Waals surface area (Å²) < 4.78 is 35.0. The summed E-state index contributed by atoms with van der Waals surface area (Å²) in [5, 5.41) is 15.9. The van der Waals surface area contributed by atoms with E-state index in [9.17, 15) is 13.7 Å². The number of aromatic nitrogens is 5. The molecule has 0 atom stereocenters. The van der Waals surface area contributed by atoms with Gasteiger partial charge in [0, 0.05) is 49.4 Å². The first kappa shape index (κ1) is 36.1. The first-order chi connectivity index (χ1) is 31.5. The maximum Gasteiger partial charge on any atom is 0.206 e. The average molecular weight is 841 g/mol. The van der Waals surface area contributed by atoms with Crippen molar-refractivity contribution in [3.05, 3.63) is 200 Å². The summed E-state index contributed by atoms with van der Waals surface area (Å²) in [6, 6.07) is 66.0. The van der Waals surface area contributed by atoms with Crippen LogP contribution < -0.4 is 0 Å². The Labute approximate surface area is 365 Å². The maximum absolute atomic E-state index is 14.0. The van der Waals surface area contributed by atoms with Crippen LogP contribution in [-0.4, -0.2) is 32.1 Å². The number of hydrogen-bond donors (Lipinski definition) is 0. The summed E-state index contributed by atoms with van der Waals surface area (Å²) >= 11 is 0. The van der Waals surface area contributed by atoms with Crippen LogP contribution in [0.5, 0.6) is 0 Å². The molecule has 0 amide bonds. The lowest BCUT2D eigenvalue weighted by Gasteiger charge is -2.12. The Morgan fingerprint density at radius 2 is 0.859 bits per heavy atom. The fourth-order valence-electron chi connectivity index (χ4n) is 9.85. The van der Waals surface area contributed by atoms with Crippen LogP contribution in [0.3, 0.4) is 0 Å². The Hall–Kier alpha value is -8.58. The molecular weight excluding hydrogens is 809 g/mol. The molecule has 13 aromatic rings. The van der Waals surface area contributed by atoms with Crippen molar-refractivity contribution in [3.8, 4) is 23.1 Å². The molecule has 0 saturated heterocycles. The van der Waals surface area contributed by atoms with E-state index in [0.29, 0.717) is 5.56 Å². The normalized spacial score (nSPS) is 12.2. The SMILES string of the molecule is N#Cc1ccc(S(=O)(=O)c2ccc(-n3c4c(ccc5c4c4ccccc4n5-c4ccccc4)c4ccc5c(c6ccccc6n5-c5ccc6nc7ccccc7nc6c5)c43)cc2)cc1. The molecule has 0 fully saturated rings. The lowest BCUT2D eigenvalue weighted by atomic mass is 10.1. The molecule has 4 aromatic heterocycles. The minimum absolute atomic E-state index is 0.133. The summed E-state index contributed by atoms with van der Waals surface area (Å²) in [6.45, 7) is 0. The van der Waals surface area contributed by atoms with Crippen LogP contribution in [0.2, 0.25) is 0 Å². The highest BCUT2D eigenvalue weighted by Gasteiger charge is 2.26. The van der Waals surface area contributed by atoms with E-state index >= 15 is 0 Å². The van der Waals surface area contributed by atoms with Crippen molar-refractivity contribution in [2.75, 3.05) is 0 Å². The van der Waals surface area contributed by atoms with Gasteiger partial charge in [-0.15, -0.1) is 0 Å². The van der Waals surface area contributed by atoms with Crippen LogP contribution in [0.25, 0.3) is 105 Å². The fourth-order valence-corrected chi connectivity index (χ4v) is 11.1. The van der Waals surface area contributed by atoms with Crippen LogP contribution in [0.15, 0.2) is 204 Å². The second kappa shape index (κ2) is 13.5. The second-order valence-electron chi connectivity index (χ2n) is 16.1. The van der Waals surface area contributed by atoms with Gasteiger partial charge in [-0.25, -0.2) is 18.4 Å². The molecule has 0 aliphatic carbocycles. The maximum atomic E-state index is 14.0. The van der Waals surface area contributed by atoms with Crippen molar-refractivity contribution < 1.29 is 8.42 Å². The van der Waals surface area contributed by atoms with Gasteiger partial charge in [0.05, 0.1) is 76.6 Å². The lowest BCUT2D eigenvalue weighted by Crippen LogP contribution is -2.03. The molecular formula is C55H32N6O2S. The topological polar surface area (TPSA) is 98.5 Å². The fraction of sp³-hybridized carbons (Fsp3) is 0. The van der Waals surface area contributed by atoms with Crippen molar-refractivity contribution in [3.63, 3.8) is 0 Å². The van der Waals surface area contributed by atoms with Gasteiger partial charge in [0.2, 0.25) is 9.84 Å². The van der Waals surface area contributed by atoms with Crippen molar-refractivity contribution in [1.82, 2.24) is 23.7 Å². The van der Waals surface area contributed by atoms with Gasteiger partial charge in [-0.05, 0) is 115 Å². The van der Waals surface area contributed by atoms with Gasteiger partial charge < -0.3 is 13.7 Å². The van der Waals surface area contributed by atoms with E-state index in [1.54, 1.807) is 12.1 Å². The van der Waals surface area contributed by atoms with E-state index in [4.69, 9.17) is 9.97 Å². The predicted octanol–water partition coefficient (Wildman–Crippen LogP) is 12.8. The minimum atomic E-state index is -3.88. The lowest BCUT2D eigenvalue weighted by molar-refractivity contribution is 0.596. The zero-order valence-electron chi connectivity index (χ0n) is 33.9. The molecule has 0 N–H and O–H groups in total. The predicted molar refractivity (Wildman–Crippen MR) is 257 cm³/mol. The highest BCUT2D eigenvalue weighted by atomic mass is 32.2. The molecule has 0 radical (unpaired) electrons. The number of hydrogen-bond acceptors (Lipinski definition) is 5. The first-order valence-electron chi connectivity index (χ1n) is 21.0. The van der Waals surface area contributed by atoms with Gasteiger partial charge in [-0.3, -0.25) is 0 Å². The largest absolute Gasteiger partial charge is 0.309 e. The zero-order valence-corrected chi connectivity index (χ0v) is 34.7. The highest BCUT2D eigenvalue weighted by Crippen LogP contribution is 2.46. The molecule has 9 heteroatoms. The zero-order chi connectivity index (χ0) is 42.7. The van der Waals surface area contributed by atoms with Gasteiger partial charge >= 0.3 is 0 Å². The Balaban J connectivity index is 1.15. The van der Waals surface area contributed by atoms with Crippen LogP contribution >= 0.6 is 0 Å². The van der Waals surface area contributed by atoms with Crippen LogP contribution in [0.4, 0.5) is 0 Å².